The first-order valence-electron chi connectivity index (χ1n) is 4.71. The van der Waals surface area contributed by atoms with Gasteiger partial charge in [0.25, 0.3) is 5.91 Å². The minimum atomic E-state index is -0.375. The minimum absolute atomic E-state index is 0.284. The van der Waals surface area contributed by atoms with Gasteiger partial charge in [-0.25, -0.2) is 0 Å². The maximum absolute atomic E-state index is 11.5. The van der Waals surface area contributed by atoms with Crippen LogP contribution in [-0.4, -0.2) is 18.2 Å². The average molecular weight is 315 g/mol. The Morgan fingerprint density at radius 3 is 2.67 bits per heavy atom. The molecule has 2 rings (SSSR count). The number of hydrogen-bond acceptors (Lipinski definition) is 2. The van der Waals surface area contributed by atoms with Crippen LogP contribution >= 0.6 is 22.6 Å². The SMILES string of the molecule is Cc1c(I)cccc1N1CCC(=O)C1=O. The van der Waals surface area contributed by atoms with Crippen LogP contribution in [0, 0.1) is 10.5 Å². The fourth-order valence-electron chi connectivity index (χ4n) is 1.69. The number of hydrogen-bond donors (Lipinski definition) is 0. The third kappa shape index (κ3) is 1.78. The fourth-order valence-corrected chi connectivity index (χ4v) is 2.17. The Hall–Kier alpha value is -0.910. The molecule has 0 bridgehead atoms. The summed E-state index contributed by atoms with van der Waals surface area (Å²) in [7, 11) is 0. The molecule has 0 unspecified atom stereocenters. The Labute approximate surface area is 102 Å². The maximum atomic E-state index is 11.5. The van der Waals surface area contributed by atoms with E-state index in [4.69, 9.17) is 0 Å². The number of benzene rings is 1. The number of carbonyl (C=O) groups is 2. The van der Waals surface area contributed by atoms with Crippen LogP contribution in [0.1, 0.15) is 12.0 Å². The van der Waals surface area contributed by atoms with Crippen LogP contribution in [0.2, 0.25) is 0 Å². The van der Waals surface area contributed by atoms with Gasteiger partial charge in [0.1, 0.15) is 0 Å². The maximum Gasteiger partial charge on any atom is 0.294 e. The summed E-state index contributed by atoms with van der Waals surface area (Å²) >= 11 is 2.23. The number of rotatable bonds is 1. The van der Waals surface area contributed by atoms with E-state index in [-0.39, 0.29) is 11.7 Å². The summed E-state index contributed by atoms with van der Waals surface area (Å²) in [4.78, 5) is 24.3. The van der Waals surface area contributed by atoms with E-state index in [1.807, 2.05) is 25.1 Å². The van der Waals surface area contributed by atoms with Crippen molar-refractivity contribution < 1.29 is 9.59 Å². The Kier molecular flexibility index (Phi) is 2.77. The van der Waals surface area contributed by atoms with E-state index in [0.29, 0.717) is 13.0 Å². The summed E-state index contributed by atoms with van der Waals surface area (Å²) in [6, 6.07) is 5.77. The summed E-state index contributed by atoms with van der Waals surface area (Å²) in [5.41, 5.74) is 1.92. The van der Waals surface area contributed by atoms with E-state index in [1.54, 1.807) is 4.90 Å². The lowest BCUT2D eigenvalue weighted by Crippen LogP contribution is -2.27. The molecule has 1 aliphatic rings. The van der Waals surface area contributed by atoms with Gasteiger partial charge in [-0.15, -0.1) is 0 Å². The molecule has 1 aromatic carbocycles. The van der Waals surface area contributed by atoms with Crippen molar-refractivity contribution in [1.82, 2.24) is 0 Å². The van der Waals surface area contributed by atoms with Crippen LogP contribution in [0.15, 0.2) is 18.2 Å². The van der Waals surface area contributed by atoms with Crippen LogP contribution in [0.4, 0.5) is 5.69 Å². The van der Waals surface area contributed by atoms with Gasteiger partial charge in [-0.1, -0.05) is 6.07 Å². The number of Topliss-reactive ketones (excluding diaryl/α,β-unsaturated/α-hetero) is 1. The molecule has 0 aliphatic carbocycles. The number of halogens is 1. The number of amides is 1. The van der Waals surface area contributed by atoms with Crippen LogP contribution in [0.3, 0.4) is 0 Å². The van der Waals surface area contributed by atoms with Gasteiger partial charge in [0.2, 0.25) is 5.78 Å². The minimum Gasteiger partial charge on any atom is -0.305 e. The van der Waals surface area contributed by atoms with Crippen molar-refractivity contribution in [2.75, 3.05) is 11.4 Å². The molecule has 0 radical (unpaired) electrons. The van der Waals surface area contributed by atoms with E-state index in [1.165, 1.54) is 0 Å². The van der Waals surface area contributed by atoms with Crippen molar-refractivity contribution in [2.45, 2.75) is 13.3 Å². The van der Waals surface area contributed by atoms with Crippen molar-refractivity contribution in [3.05, 3.63) is 27.3 Å². The van der Waals surface area contributed by atoms with Gasteiger partial charge in [0, 0.05) is 22.2 Å². The highest BCUT2D eigenvalue weighted by Crippen LogP contribution is 2.26. The fraction of sp³-hybridized carbons (Fsp3) is 0.273. The van der Waals surface area contributed by atoms with E-state index >= 15 is 0 Å². The molecule has 0 aromatic heterocycles. The molecule has 1 amide bonds. The molecular formula is C11H10INO2. The lowest BCUT2D eigenvalue weighted by Gasteiger charge is -2.17. The first kappa shape index (κ1) is 10.6. The van der Waals surface area contributed by atoms with Crippen LogP contribution < -0.4 is 4.90 Å². The largest absolute Gasteiger partial charge is 0.305 e. The summed E-state index contributed by atoms with van der Waals surface area (Å²) in [5.74, 6) is -0.659. The van der Waals surface area contributed by atoms with Gasteiger partial charge in [0.15, 0.2) is 0 Å². The third-order valence-corrected chi connectivity index (χ3v) is 3.74. The Morgan fingerprint density at radius 1 is 1.33 bits per heavy atom. The molecule has 78 valence electrons. The Morgan fingerprint density at radius 2 is 2.07 bits per heavy atom. The molecule has 1 saturated heterocycles. The Bertz CT molecular complexity index is 442. The van der Waals surface area contributed by atoms with Gasteiger partial charge in [-0.05, 0) is 47.2 Å². The topological polar surface area (TPSA) is 37.4 Å². The van der Waals surface area contributed by atoms with Crippen LogP contribution in [0.5, 0.6) is 0 Å². The second-order valence-corrected chi connectivity index (χ2v) is 4.68. The molecule has 1 aliphatic heterocycles. The molecule has 0 spiro atoms. The van der Waals surface area contributed by atoms with Gasteiger partial charge < -0.3 is 4.90 Å². The first-order valence-corrected chi connectivity index (χ1v) is 5.79. The van der Waals surface area contributed by atoms with Crippen LogP contribution in [0.25, 0.3) is 0 Å². The lowest BCUT2D eigenvalue weighted by atomic mass is 10.2. The van der Waals surface area contributed by atoms with E-state index in [9.17, 15) is 9.59 Å². The van der Waals surface area contributed by atoms with Gasteiger partial charge in [-0.2, -0.15) is 0 Å². The molecule has 15 heavy (non-hydrogen) atoms. The second kappa shape index (κ2) is 3.92. The highest BCUT2D eigenvalue weighted by atomic mass is 127. The zero-order chi connectivity index (χ0) is 11.0. The monoisotopic (exact) mass is 315 g/mol. The number of nitrogens with zero attached hydrogens (tertiary/aromatic N) is 1. The molecule has 1 fully saturated rings. The molecule has 1 heterocycles. The molecule has 0 N–H and O–H groups in total. The smallest absolute Gasteiger partial charge is 0.294 e. The zero-order valence-corrected chi connectivity index (χ0v) is 10.4. The summed E-state index contributed by atoms with van der Waals surface area (Å²) < 4.78 is 1.11. The summed E-state index contributed by atoms with van der Waals surface area (Å²) in [6.07, 6.45) is 0.337. The van der Waals surface area contributed by atoms with E-state index in [2.05, 4.69) is 22.6 Å². The van der Waals surface area contributed by atoms with Crippen molar-refractivity contribution >= 4 is 40.0 Å². The molecule has 1 aromatic rings. The van der Waals surface area contributed by atoms with Gasteiger partial charge >= 0.3 is 0 Å². The second-order valence-electron chi connectivity index (χ2n) is 3.51. The highest BCUT2D eigenvalue weighted by Gasteiger charge is 2.31. The number of carbonyl (C=O) groups excluding carboxylic acids is 2. The predicted octanol–water partition coefficient (Wildman–Crippen LogP) is 1.91. The predicted molar refractivity (Wildman–Crippen MR) is 65.9 cm³/mol. The first-order chi connectivity index (χ1) is 7.11. The van der Waals surface area contributed by atoms with Crippen molar-refractivity contribution in [1.29, 1.82) is 0 Å². The van der Waals surface area contributed by atoms with E-state index < -0.39 is 0 Å². The van der Waals surface area contributed by atoms with Crippen LogP contribution in [-0.2, 0) is 9.59 Å². The van der Waals surface area contributed by atoms with Crippen molar-refractivity contribution in [2.24, 2.45) is 0 Å². The molecule has 0 saturated carbocycles. The highest BCUT2D eigenvalue weighted by molar-refractivity contribution is 14.1. The number of anilines is 1. The van der Waals surface area contributed by atoms with Gasteiger partial charge in [0.05, 0.1) is 0 Å². The van der Waals surface area contributed by atoms with Crippen molar-refractivity contribution in [3.8, 4) is 0 Å². The molecule has 3 nitrogen and oxygen atoms in total. The molecular weight excluding hydrogens is 305 g/mol. The summed E-state index contributed by atoms with van der Waals surface area (Å²) in [6.45, 7) is 2.48. The molecule has 0 atom stereocenters. The summed E-state index contributed by atoms with van der Waals surface area (Å²) in [5, 5.41) is 0. The normalized spacial score (nSPS) is 16.3. The molecule has 4 heteroatoms. The van der Waals surface area contributed by atoms with Crippen molar-refractivity contribution in [3.63, 3.8) is 0 Å². The van der Waals surface area contributed by atoms with E-state index in [0.717, 1.165) is 14.8 Å². The lowest BCUT2D eigenvalue weighted by molar-refractivity contribution is -0.133. The zero-order valence-electron chi connectivity index (χ0n) is 8.29. The average Bonchev–Trinajstić information content (AvgIpc) is 2.53. The third-order valence-electron chi connectivity index (χ3n) is 2.58. The quantitative estimate of drug-likeness (QED) is 0.586. The standard InChI is InChI=1S/C11H10INO2/c1-7-8(12)3-2-4-9(7)13-6-5-10(14)11(13)15/h2-4H,5-6H2,1H3. The van der Waals surface area contributed by atoms with Gasteiger partial charge in [-0.3, -0.25) is 9.59 Å². The Balaban J connectivity index is 2.43. The number of ketones is 1.